The number of nitrogens with one attached hydrogen (secondary N) is 1. The number of hydrogen-bond donors (Lipinski definition) is 2. The minimum Gasteiger partial charge on any atom is -0.386 e. The maximum Gasteiger partial charge on any atom is 0.181 e. The van der Waals surface area contributed by atoms with E-state index in [2.05, 4.69) is 44.3 Å². The molecule has 43 heavy (non-hydrogen) atoms. The van der Waals surface area contributed by atoms with Crippen LogP contribution >= 0.6 is 0 Å². The number of morpholine rings is 1. The molecule has 2 fully saturated rings. The Bertz CT molecular complexity index is 1790. The normalized spacial score (nSPS) is 22.2. The summed E-state index contributed by atoms with van der Waals surface area (Å²) >= 11 is 0. The molecule has 2 aliphatic heterocycles. The van der Waals surface area contributed by atoms with Gasteiger partial charge in [-0.3, -0.25) is 20.0 Å². The monoisotopic (exact) mass is 572 g/mol. The molecule has 0 amide bonds. The van der Waals surface area contributed by atoms with Crippen LogP contribution in [0.1, 0.15) is 49.8 Å². The van der Waals surface area contributed by atoms with Gasteiger partial charge < -0.3 is 9.84 Å². The maximum absolute atomic E-state index is 10.6. The minimum atomic E-state index is -1.01. The Hall–Kier alpha value is -3.98. The second-order valence-corrected chi connectivity index (χ2v) is 12.8. The molecule has 2 N–H and O–H groups in total. The molecular formula is C35H36N6O2. The first-order chi connectivity index (χ1) is 20.9. The number of pyridine rings is 3. The Labute approximate surface area is 251 Å². The first-order valence-electron chi connectivity index (χ1n) is 15.4. The predicted octanol–water partition coefficient (Wildman–Crippen LogP) is 5.70. The summed E-state index contributed by atoms with van der Waals surface area (Å²) in [6, 6.07) is 18.7. The average molecular weight is 573 g/mol. The van der Waals surface area contributed by atoms with Crippen molar-refractivity contribution in [3.63, 3.8) is 0 Å². The molecule has 0 radical (unpaired) electrons. The molecule has 6 heterocycles. The van der Waals surface area contributed by atoms with Crippen LogP contribution in [0.5, 0.6) is 0 Å². The van der Waals surface area contributed by atoms with Gasteiger partial charge in [-0.15, -0.1) is 0 Å². The zero-order valence-corrected chi connectivity index (χ0v) is 24.6. The fourth-order valence-electron chi connectivity index (χ4n) is 7.39. The summed E-state index contributed by atoms with van der Waals surface area (Å²) in [6.07, 6.45) is 11.5. The van der Waals surface area contributed by atoms with Crippen LogP contribution in [0.4, 0.5) is 0 Å². The van der Waals surface area contributed by atoms with Gasteiger partial charge in [-0.1, -0.05) is 24.3 Å². The highest BCUT2D eigenvalue weighted by Gasteiger charge is 2.45. The number of hydrogen-bond acceptors (Lipinski definition) is 7. The van der Waals surface area contributed by atoms with Crippen molar-refractivity contribution in [2.75, 3.05) is 13.2 Å². The van der Waals surface area contributed by atoms with E-state index in [1.54, 1.807) is 26.2 Å². The van der Waals surface area contributed by atoms with Crippen LogP contribution in [0.3, 0.4) is 0 Å². The van der Waals surface area contributed by atoms with Crippen LogP contribution in [0.2, 0.25) is 0 Å². The molecule has 0 saturated carbocycles. The Morgan fingerprint density at radius 3 is 2.42 bits per heavy atom. The van der Waals surface area contributed by atoms with Crippen molar-refractivity contribution in [2.45, 2.75) is 69.7 Å². The standard InChI is InChI=1S/C35H36N6O2/c1-35(2,42)30-4-3-13-36-32(30)24-9-12-31(37-17-24)33-29-15-25(18-38-34(29)40-39-33)23-6-5-21-7-10-26(11-8-22(21)14-23)41-27-16-28(41)20-43-19-27/h3-6,9,12-15,17-18,26-28,42H,7-8,10-11,16,19-20H2,1-2H3,(H,38,39,40)/t26-,27?,28?/m0/s1. The Morgan fingerprint density at radius 2 is 1.65 bits per heavy atom. The molecule has 218 valence electrons. The molecule has 1 aromatic carbocycles. The lowest BCUT2D eigenvalue weighted by Crippen LogP contribution is -2.66. The number of nitrogens with zero attached hydrogens (tertiary/aromatic N) is 5. The van der Waals surface area contributed by atoms with Crippen molar-refractivity contribution >= 4 is 11.0 Å². The Kier molecular flexibility index (Phi) is 6.40. The molecule has 0 spiro atoms. The van der Waals surface area contributed by atoms with Gasteiger partial charge in [-0.2, -0.15) is 5.10 Å². The van der Waals surface area contributed by atoms with E-state index in [0.717, 1.165) is 65.2 Å². The lowest BCUT2D eigenvalue weighted by molar-refractivity contribution is -0.148. The number of H-pyrrole nitrogens is 1. The van der Waals surface area contributed by atoms with E-state index in [0.29, 0.717) is 23.8 Å². The van der Waals surface area contributed by atoms with E-state index in [4.69, 9.17) is 14.7 Å². The van der Waals surface area contributed by atoms with E-state index < -0.39 is 5.60 Å². The summed E-state index contributed by atoms with van der Waals surface area (Å²) in [5, 5.41) is 19.2. The van der Waals surface area contributed by atoms with Crippen molar-refractivity contribution < 1.29 is 9.84 Å². The van der Waals surface area contributed by atoms with Crippen molar-refractivity contribution in [3.05, 3.63) is 83.8 Å². The maximum atomic E-state index is 10.6. The Balaban J connectivity index is 1.06. The molecule has 3 aliphatic rings. The zero-order valence-electron chi connectivity index (χ0n) is 24.6. The number of aromatic amines is 1. The SMILES string of the molecule is CC(C)(O)c1cccnc1-c1ccc(-c2[nH]nc3ncc(-c4ccc5c(c4)CC[C@@H](N4C6COCC4C6)CC5)cc23)nc1. The molecule has 5 aromatic rings. The third kappa shape index (κ3) is 4.74. The lowest BCUT2D eigenvalue weighted by atomic mass is 9.87. The molecule has 3 atom stereocenters. The third-order valence-electron chi connectivity index (χ3n) is 9.63. The number of rotatable bonds is 5. The first kappa shape index (κ1) is 26.6. The predicted molar refractivity (Wildman–Crippen MR) is 166 cm³/mol. The van der Waals surface area contributed by atoms with Gasteiger partial charge in [0.1, 0.15) is 0 Å². The van der Waals surface area contributed by atoms with Gasteiger partial charge in [0, 0.05) is 58.8 Å². The van der Waals surface area contributed by atoms with E-state index in [9.17, 15) is 5.11 Å². The Morgan fingerprint density at radius 1 is 0.860 bits per heavy atom. The smallest absolute Gasteiger partial charge is 0.181 e. The van der Waals surface area contributed by atoms with E-state index in [1.165, 1.54) is 36.0 Å². The summed E-state index contributed by atoms with van der Waals surface area (Å²) < 4.78 is 5.74. The highest BCUT2D eigenvalue weighted by atomic mass is 16.5. The molecular weight excluding hydrogens is 536 g/mol. The van der Waals surface area contributed by atoms with Crippen LogP contribution in [0.15, 0.2) is 67.1 Å². The fourth-order valence-corrected chi connectivity index (χ4v) is 7.39. The molecule has 8 heteroatoms. The van der Waals surface area contributed by atoms with E-state index in [-0.39, 0.29) is 0 Å². The van der Waals surface area contributed by atoms with Crippen molar-refractivity contribution in [1.82, 2.24) is 30.0 Å². The van der Waals surface area contributed by atoms with Crippen LogP contribution in [0.25, 0.3) is 44.8 Å². The van der Waals surface area contributed by atoms with Crippen molar-refractivity contribution in [1.29, 1.82) is 0 Å². The summed E-state index contributed by atoms with van der Waals surface area (Å²) in [6.45, 7) is 5.35. The highest BCUT2D eigenvalue weighted by molar-refractivity contribution is 5.92. The second kappa shape index (κ2) is 10.3. The number of aromatic nitrogens is 5. The van der Waals surface area contributed by atoms with Gasteiger partial charge in [-0.05, 0) is 86.9 Å². The summed E-state index contributed by atoms with van der Waals surface area (Å²) in [4.78, 5) is 16.8. The first-order valence-corrected chi connectivity index (χ1v) is 15.4. The summed E-state index contributed by atoms with van der Waals surface area (Å²) in [5.41, 5.74) is 8.82. The molecule has 2 bridgehead atoms. The number of aryl methyl sites for hydroxylation is 2. The molecule has 2 unspecified atom stereocenters. The topological polar surface area (TPSA) is 100 Å². The summed E-state index contributed by atoms with van der Waals surface area (Å²) in [7, 11) is 0. The quantitative estimate of drug-likeness (QED) is 0.261. The van der Waals surface area contributed by atoms with Gasteiger partial charge >= 0.3 is 0 Å². The van der Waals surface area contributed by atoms with Gasteiger partial charge in [0.25, 0.3) is 0 Å². The molecule has 4 aromatic heterocycles. The van der Waals surface area contributed by atoms with E-state index in [1.807, 2.05) is 30.5 Å². The number of benzene rings is 1. The number of fused-ring (bicyclic) bond motifs is 4. The van der Waals surface area contributed by atoms with Crippen LogP contribution in [-0.2, 0) is 23.2 Å². The summed E-state index contributed by atoms with van der Waals surface area (Å²) in [5.74, 6) is 0. The van der Waals surface area contributed by atoms with E-state index >= 15 is 0 Å². The fraction of sp³-hybridized carbons (Fsp3) is 0.371. The third-order valence-corrected chi connectivity index (χ3v) is 9.63. The number of aliphatic hydroxyl groups is 1. The average Bonchev–Trinajstić information content (AvgIpc) is 3.35. The molecule has 2 saturated heterocycles. The number of ether oxygens (including phenoxy) is 1. The highest BCUT2D eigenvalue weighted by Crippen LogP contribution is 2.38. The second-order valence-electron chi connectivity index (χ2n) is 12.8. The lowest BCUT2D eigenvalue weighted by Gasteiger charge is -2.56. The van der Waals surface area contributed by atoms with Crippen LogP contribution < -0.4 is 0 Å². The van der Waals surface area contributed by atoms with Gasteiger partial charge in [0.05, 0.1) is 35.9 Å². The van der Waals surface area contributed by atoms with Crippen LogP contribution in [-0.4, -0.2) is 66.5 Å². The van der Waals surface area contributed by atoms with Crippen molar-refractivity contribution in [3.8, 4) is 33.8 Å². The molecule has 8 rings (SSSR count). The molecule has 8 nitrogen and oxygen atoms in total. The minimum absolute atomic E-state index is 0.633. The van der Waals surface area contributed by atoms with Gasteiger partial charge in [-0.25, -0.2) is 4.98 Å². The van der Waals surface area contributed by atoms with Crippen molar-refractivity contribution in [2.24, 2.45) is 0 Å². The zero-order chi connectivity index (χ0) is 29.1. The van der Waals surface area contributed by atoms with Crippen LogP contribution in [0, 0.1) is 0 Å². The molecule has 1 aliphatic carbocycles. The van der Waals surface area contributed by atoms with Gasteiger partial charge in [0.2, 0.25) is 0 Å². The largest absolute Gasteiger partial charge is 0.386 e. The van der Waals surface area contributed by atoms with Gasteiger partial charge in [0.15, 0.2) is 5.65 Å².